The lowest BCUT2D eigenvalue weighted by molar-refractivity contribution is -0.384. The monoisotopic (exact) mass is 386 g/mol. The second kappa shape index (κ2) is 8.42. The van der Waals surface area contributed by atoms with Gasteiger partial charge in [-0.3, -0.25) is 19.7 Å². The molecule has 2 aromatic rings. The molecule has 0 atom stereocenters. The molecule has 140 valence electrons. The number of rotatable bonds is 6. The third-order valence-electron chi connectivity index (χ3n) is 4.07. The van der Waals surface area contributed by atoms with Crippen LogP contribution in [0.2, 0.25) is 0 Å². The van der Waals surface area contributed by atoms with Gasteiger partial charge in [-0.1, -0.05) is 0 Å². The Morgan fingerprint density at radius 1 is 1.26 bits per heavy atom. The minimum Gasteiger partial charge on any atom is -0.338 e. The highest BCUT2D eigenvalue weighted by molar-refractivity contribution is 7.18. The maximum atomic E-state index is 12.6. The summed E-state index contributed by atoms with van der Waals surface area (Å²) in [5.74, 6) is -0.695. The molecule has 0 saturated carbocycles. The lowest BCUT2D eigenvalue weighted by Crippen LogP contribution is -2.30. The fraction of sp³-hybridized carbons (Fsp3) is 0.278. The number of nitro benzene ring substituents is 1. The summed E-state index contributed by atoms with van der Waals surface area (Å²) in [6.07, 6.45) is 0. The molecule has 0 aliphatic carbocycles. The average molecular weight is 386 g/mol. The van der Waals surface area contributed by atoms with Crippen molar-refractivity contribution in [2.75, 3.05) is 18.4 Å². The Kier molecular flexibility index (Phi) is 6.26. The number of hydrogen-bond acceptors (Lipinski definition) is 6. The Labute approximate surface area is 160 Å². The molecule has 0 bridgehead atoms. The number of anilines is 1. The number of non-ortho nitro benzene ring substituents is 1. The van der Waals surface area contributed by atoms with Crippen molar-refractivity contribution in [3.05, 3.63) is 55.9 Å². The summed E-state index contributed by atoms with van der Waals surface area (Å²) < 4.78 is 0. The molecule has 0 aliphatic heterocycles. The van der Waals surface area contributed by atoms with E-state index in [4.69, 9.17) is 0 Å². The van der Waals surface area contributed by atoms with E-state index < -0.39 is 10.8 Å². The van der Waals surface area contributed by atoms with E-state index >= 15 is 0 Å². The van der Waals surface area contributed by atoms with Crippen molar-refractivity contribution in [3.63, 3.8) is 0 Å². The van der Waals surface area contributed by atoms with Gasteiger partial charge in [-0.05, 0) is 38.5 Å². The maximum absolute atomic E-state index is 12.6. The summed E-state index contributed by atoms with van der Waals surface area (Å²) in [5.41, 5.74) is 0.861. The highest BCUT2D eigenvalue weighted by Gasteiger charge is 2.24. The zero-order valence-electron chi connectivity index (χ0n) is 15.1. The van der Waals surface area contributed by atoms with Crippen molar-refractivity contribution in [3.8, 4) is 6.07 Å². The van der Waals surface area contributed by atoms with Gasteiger partial charge in [-0.2, -0.15) is 5.26 Å². The quantitative estimate of drug-likeness (QED) is 0.602. The van der Waals surface area contributed by atoms with E-state index in [2.05, 4.69) is 5.32 Å². The molecule has 9 heteroatoms. The van der Waals surface area contributed by atoms with Gasteiger partial charge in [0, 0.05) is 30.8 Å². The molecule has 1 aromatic carbocycles. The minimum absolute atomic E-state index is 0.122. The predicted molar refractivity (Wildman–Crippen MR) is 102 cm³/mol. The summed E-state index contributed by atoms with van der Waals surface area (Å²) in [6, 6.07) is 7.16. The first-order valence-electron chi connectivity index (χ1n) is 8.22. The Bertz CT molecular complexity index is 924. The summed E-state index contributed by atoms with van der Waals surface area (Å²) in [7, 11) is 0. The second-order valence-corrected chi connectivity index (χ2v) is 6.63. The number of nitriles is 1. The fourth-order valence-corrected chi connectivity index (χ4v) is 3.62. The average Bonchev–Trinajstić information content (AvgIpc) is 2.97. The van der Waals surface area contributed by atoms with Gasteiger partial charge in [0.2, 0.25) is 0 Å². The van der Waals surface area contributed by atoms with Gasteiger partial charge in [0.25, 0.3) is 17.5 Å². The van der Waals surface area contributed by atoms with Crippen molar-refractivity contribution < 1.29 is 14.5 Å². The van der Waals surface area contributed by atoms with Gasteiger partial charge in [0.1, 0.15) is 11.1 Å². The van der Waals surface area contributed by atoms with Gasteiger partial charge in [-0.25, -0.2) is 0 Å². The van der Waals surface area contributed by atoms with Gasteiger partial charge >= 0.3 is 0 Å². The molecule has 0 spiro atoms. The lowest BCUT2D eigenvalue weighted by Gasteiger charge is -2.17. The molecule has 2 amide bonds. The molecule has 8 nitrogen and oxygen atoms in total. The van der Waals surface area contributed by atoms with E-state index in [-0.39, 0.29) is 27.7 Å². The van der Waals surface area contributed by atoms with Crippen molar-refractivity contribution >= 4 is 33.8 Å². The lowest BCUT2D eigenvalue weighted by atomic mass is 10.1. The third-order valence-corrected chi connectivity index (χ3v) is 5.27. The van der Waals surface area contributed by atoms with Crippen molar-refractivity contribution in [1.29, 1.82) is 5.26 Å². The smallest absolute Gasteiger partial charge is 0.269 e. The first kappa shape index (κ1) is 20.1. The van der Waals surface area contributed by atoms with E-state index in [1.807, 2.05) is 19.9 Å². The van der Waals surface area contributed by atoms with Crippen molar-refractivity contribution in [2.45, 2.75) is 20.8 Å². The van der Waals surface area contributed by atoms with Crippen LogP contribution in [-0.2, 0) is 0 Å². The summed E-state index contributed by atoms with van der Waals surface area (Å²) in [4.78, 5) is 37.2. The second-order valence-electron chi connectivity index (χ2n) is 5.61. The molecule has 2 rings (SSSR count). The molecular weight excluding hydrogens is 368 g/mol. The molecule has 0 radical (unpaired) electrons. The molecule has 0 saturated heterocycles. The largest absolute Gasteiger partial charge is 0.338 e. The van der Waals surface area contributed by atoms with Crippen LogP contribution in [0.5, 0.6) is 0 Å². The predicted octanol–water partition coefficient (Wildman–Crippen LogP) is 3.57. The molecule has 27 heavy (non-hydrogen) atoms. The topological polar surface area (TPSA) is 116 Å². The van der Waals surface area contributed by atoms with E-state index in [0.29, 0.717) is 23.5 Å². The minimum atomic E-state index is -0.552. The van der Waals surface area contributed by atoms with Crippen LogP contribution in [0, 0.1) is 28.4 Å². The van der Waals surface area contributed by atoms with Crippen LogP contribution >= 0.6 is 11.3 Å². The Balaban J connectivity index is 2.32. The first-order valence-corrected chi connectivity index (χ1v) is 9.04. The van der Waals surface area contributed by atoms with Gasteiger partial charge in [-0.15, -0.1) is 11.3 Å². The van der Waals surface area contributed by atoms with Gasteiger partial charge < -0.3 is 10.2 Å². The molecule has 1 N–H and O–H groups in total. The molecule has 0 aliphatic rings. The molecule has 1 heterocycles. The van der Waals surface area contributed by atoms with Crippen LogP contribution in [0.15, 0.2) is 24.3 Å². The molecule has 0 unspecified atom stereocenters. The van der Waals surface area contributed by atoms with E-state index in [9.17, 15) is 25.0 Å². The maximum Gasteiger partial charge on any atom is 0.269 e. The summed E-state index contributed by atoms with van der Waals surface area (Å²) >= 11 is 1.06. The van der Waals surface area contributed by atoms with Crippen LogP contribution < -0.4 is 5.32 Å². The van der Waals surface area contributed by atoms with Crippen LogP contribution in [-0.4, -0.2) is 34.7 Å². The third kappa shape index (κ3) is 4.12. The highest BCUT2D eigenvalue weighted by Crippen LogP contribution is 2.33. The number of nitro groups is 1. The van der Waals surface area contributed by atoms with Gasteiger partial charge in [0.15, 0.2) is 0 Å². The van der Waals surface area contributed by atoms with Gasteiger partial charge in [0.05, 0.1) is 15.4 Å². The number of amides is 2. The zero-order valence-corrected chi connectivity index (χ0v) is 15.9. The molecule has 0 fully saturated rings. The summed E-state index contributed by atoms with van der Waals surface area (Å²) in [5, 5.41) is 23.1. The SMILES string of the molecule is CCN(CC)C(=O)c1sc(NC(=O)c2ccc([N+](=O)[O-])cc2)c(C#N)c1C. The fourth-order valence-electron chi connectivity index (χ4n) is 2.50. The first-order chi connectivity index (χ1) is 12.8. The van der Waals surface area contributed by atoms with Crippen molar-refractivity contribution in [2.24, 2.45) is 0 Å². The number of thiophene rings is 1. The number of nitrogens with zero attached hydrogens (tertiary/aromatic N) is 3. The van der Waals surface area contributed by atoms with E-state index in [1.165, 1.54) is 24.3 Å². The Morgan fingerprint density at radius 3 is 2.33 bits per heavy atom. The number of hydrogen-bond donors (Lipinski definition) is 1. The summed E-state index contributed by atoms with van der Waals surface area (Å²) in [6.45, 7) is 6.49. The number of carbonyl (C=O) groups is 2. The normalized spacial score (nSPS) is 10.1. The highest BCUT2D eigenvalue weighted by atomic mass is 32.1. The Hall–Kier alpha value is -3.25. The molecule has 1 aromatic heterocycles. The van der Waals surface area contributed by atoms with Crippen LogP contribution in [0.4, 0.5) is 10.7 Å². The van der Waals surface area contributed by atoms with Crippen LogP contribution in [0.1, 0.15) is 45.0 Å². The standard InChI is InChI=1S/C18H18N4O4S/c1-4-21(5-2)18(24)15-11(3)14(10-19)17(27-15)20-16(23)12-6-8-13(9-7-12)22(25)26/h6-9H,4-5H2,1-3H3,(H,20,23). The zero-order chi connectivity index (χ0) is 20.1. The Morgan fingerprint density at radius 2 is 1.85 bits per heavy atom. The number of carbonyl (C=O) groups excluding carboxylic acids is 2. The van der Waals surface area contributed by atoms with Crippen molar-refractivity contribution in [1.82, 2.24) is 4.90 Å². The van der Waals surface area contributed by atoms with Crippen LogP contribution in [0.3, 0.4) is 0 Å². The van der Waals surface area contributed by atoms with E-state index in [0.717, 1.165) is 11.3 Å². The number of benzene rings is 1. The molecular formula is C18H18N4O4S. The number of nitrogens with one attached hydrogen (secondary N) is 1. The van der Waals surface area contributed by atoms with E-state index in [1.54, 1.807) is 11.8 Å². The van der Waals surface area contributed by atoms with Crippen LogP contribution in [0.25, 0.3) is 0 Å².